The summed E-state index contributed by atoms with van der Waals surface area (Å²) in [5.74, 6) is -1.69. The number of benzene rings is 1. The molecule has 0 saturated carbocycles. The topological polar surface area (TPSA) is 71.1 Å². The molecule has 1 atom stereocenters. The molecule has 1 aromatic carbocycles. The molecule has 0 aliphatic carbocycles. The molecule has 0 spiro atoms. The second kappa shape index (κ2) is 6.68. The highest BCUT2D eigenvalue weighted by Gasteiger charge is 2.40. The maximum absolute atomic E-state index is 14.2. The Morgan fingerprint density at radius 1 is 1.52 bits per heavy atom. The molecule has 0 fully saturated rings. The van der Waals surface area contributed by atoms with E-state index in [1.165, 1.54) is 12.6 Å². The van der Waals surface area contributed by atoms with E-state index in [9.17, 15) is 18.0 Å². The van der Waals surface area contributed by atoms with Crippen LogP contribution in [0.1, 0.15) is 27.2 Å². The van der Waals surface area contributed by atoms with Crippen LogP contribution >= 0.6 is 22.9 Å². The van der Waals surface area contributed by atoms with Crippen LogP contribution in [0.3, 0.4) is 0 Å². The molecule has 0 unspecified atom stereocenters. The van der Waals surface area contributed by atoms with E-state index in [1.54, 1.807) is 0 Å². The minimum atomic E-state index is -2.79. The Hall–Kier alpha value is -2.33. The first kappa shape index (κ1) is 18.1. The summed E-state index contributed by atoms with van der Waals surface area (Å²) in [6.07, 6.45) is -2.44. The predicted molar refractivity (Wildman–Crippen MR) is 93.2 cm³/mol. The Labute approximate surface area is 159 Å². The van der Waals surface area contributed by atoms with Crippen LogP contribution in [0.2, 0.25) is 5.02 Å². The molecule has 11 heteroatoms. The van der Waals surface area contributed by atoms with E-state index in [2.05, 4.69) is 15.0 Å². The van der Waals surface area contributed by atoms with Gasteiger partial charge in [0.15, 0.2) is 11.6 Å². The van der Waals surface area contributed by atoms with Gasteiger partial charge in [-0.2, -0.15) is 0 Å². The van der Waals surface area contributed by atoms with Crippen molar-refractivity contribution in [1.29, 1.82) is 0 Å². The van der Waals surface area contributed by atoms with E-state index < -0.39 is 24.2 Å². The molecule has 142 valence electrons. The number of methoxy groups -OCH3 is 1. The zero-order valence-electron chi connectivity index (χ0n) is 13.8. The van der Waals surface area contributed by atoms with Gasteiger partial charge in [-0.05, 0) is 0 Å². The Balaban J connectivity index is 1.76. The van der Waals surface area contributed by atoms with Crippen molar-refractivity contribution in [2.24, 2.45) is 0 Å². The van der Waals surface area contributed by atoms with Crippen LogP contribution in [0.4, 0.5) is 13.2 Å². The molecule has 3 heterocycles. The van der Waals surface area contributed by atoms with Crippen molar-refractivity contribution in [2.75, 3.05) is 13.7 Å². The van der Waals surface area contributed by atoms with Crippen molar-refractivity contribution < 1.29 is 22.7 Å². The second-order valence-corrected chi connectivity index (χ2v) is 7.14. The number of hydrogen-bond donors (Lipinski definition) is 1. The SMILES string of the molecule is COc1cc(F)c2nc(C(=O)N3CCc4ncsc4[C@H]3C(F)F)[nH]c2c1Cl. The molecule has 6 nitrogen and oxygen atoms in total. The molecule has 0 saturated heterocycles. The highest BCUT2D eigenvalue weighted by atomic mass is 35.5. The van der Waals surface area contributed by atoms with Crippen LogP contribution in [0, 0.1) is 5.82 Å². The van der Waals surface area contributed by atoms with Crippen LogP contribution in [0.25, 0.3) is 11.0 Å². The first-order valence-corrected chi connectivity index (χ1v) is 9.11. The van der Waals surface area contributed by atoms with E-state index in [4.69, 9.17) is 16.3 Å². The average molecular weight is 417 g/mol. The molecule has 1 aliphatic heterocycles. The van der Waals surface area contributed by atoms with Gasteiger partial charge in [0, 0.05) is 19.0 Å². The number of nitrogens with zero attached hydrogens (tertiary/aromatic N) is 3. The maximum atomic E-state index is 14.2. The number of fused-ring (bicyclic) bond motifs is 2. The van der Waals surface area contributed by atoms with Crippen LogP contribution < -0.4 is 4.74 Å². The Kier molecular flexibility index (Phi) is 4.47. The normalized spacial score (nSPS) is 16.8. The molecule has 0 radical (unpaired) electrons. The number of H-pyrrole nitrogens is 1. The average Bonchev–Trinajstić information content (AvgIpc) is 3.30. The van der Waals surface area contributed by atoms with Gasteiger partial charge in [-0.1, -0.05) is 11.6 Å². The molecular weight excluding hydrogens is 405 g/mol. The van der Waals surface area contributed by atoms with Crippen molar-refractivity contribution in [2.45, 2.75) is 18.9 Å². The number of amides is 1. The third kappa shape index (κ3) is 2.83. The molecule has 4 rings (SSSR count). The third-order valence-corrected chi connectivity index (χ3v) is 5.73. The zero-order valence-corrected chi connectivity index (χ0v) is 15.4. The predicted octanol–water partition coefficient (Wildman–Crippen LogP) is 3.83. The van der Waals surface area contributed by atoms with Crippen LogP contribution in [-0.4, -0.2) is 45.8 Å². The number of alkyl halides is 2. The number of hydrogen-bond acceptors (Lipinski definition) is 5. The lowest BCUT2D eigenvalue weighted by molar-refractivity contribution is 0.0170. The van der Waals surface area contributed by atoms with Gasteiger partial charge in [0.25, 0.3) is 12.3 Å². The minimum Gasteiger partial charge on any atom is -0.495 e. The number of nitrogens with one attached hydrogen (secondary N) is 1. The largest absolute Gasteiger partial charge is 0.495 e. The Bertz CT molecular complexity index is 1040. The Morgan fingerprint density at radius 2 is 2.30 bits per heavy atom. The lowest BCUT2D eigenvalue weighted by Gasteiger charge is -2.33. The van der Waals surface area contributed by atoms with E-state index in [0.29, 0.717) is 17.0 Å². The molecule has 2 aromatic heterocycles. The van der Waals surface area contributed by atoms with E-state index in [0.717, 1.165) is 22.3 Å². The number of rotatable bonds is 3. The van der Waals surface area contributed by atoms with Gasteiger partial charge in [-0.25, -0.2) is 23.1 Å². The fourth-order valence-corrected chi connectivity index (χ4v) is 4.37. The minimum absolute atomic E-state index is 0.0502. The van der Waals surface area contributed by atoms with Crippen molar-refractivity contribution >= 4 is 39.9 Å². The van der Waals surface area contributed by atoms with Gasteiger partial charge in [-0.15, -0.1) is 11.3 Å². The smallest absolute Gasteiger partial charge is 0.290 e. The highest BCUT2D eigenvalue weighted by molar-refractivity contribution is 7.09. The number of thiazole rings is 1. The van der Waals surface area contributed by atoms with E-state index >= 15 is 0 Å². The monoisotopic (exact) mass is 416 g/mol. The summed E-state index contributed by atoms with van der Waals surface area (Å²) in [6, 6.07) is -0.372. The molecule has 3 aromatic rings. The number of carbonyl (C=O) groups excluding carboxylic acids is 1. The van der Waals surface area contributed by atoms with Crippen molar-refractivity contribution in [3.8, 4) is 5.75 Å². The summed E-state index contributed by atoms with van der Waals surface area (Å²) >= 11 is 7.21. The molecule has 0 bridgehead atoms. The number of ether oxygens (including phenoxy) is 1. The van der Waals surface area contributed by atoms with Gasteiger partial charge in [0.2, 0.25) is 0 Å². The molecular formula is C16H12ClF3N4O2S. The number of aromatic nitrogens is 3. The van der Waals surface area contributed by atoms with Crippen LogP contribution in [-0.2, 0) is 6.42 Å². The first-order chi connectivity index (χ1) is 12.9. The van der Waals surface area contributed by atoms with Gasteiger partial charge in [-0.3, -0.25) is 4.79 Å². The molecule has 27 heavy (non-hydrogen) atoms. The number of imidazole rings is 1. The third-order valence-electron chi connectivity index (χ3n) is 4.41. The van der Waals surface area contributed by atoms with Crippen LogP contribution in [0.5, 0.6) is 5.75 Å². The zero-order chi connectivity index (χ0) is 19.3. The summed E-state index contributed by atoms with van der Waals surface area (Å²) in [4.78, 5) is 24.9. The summed E-state index contributed by atoms with van der Waals surface area (Å²) in [7, 11) is 1.32. The summed E-state index contributed by atoms with van der Waals surface area (Å²) in [6.45, 7) is 0.0567. The second-order valence-electron chi connectivity index (χ2n) is 5.87. The number of aromatic amines is 1. The van der Waals surface area contributed by atoms with Crippen molar-refractivity contribution in [3.05, 3.63) is 38.8 Å². The van der Waals surface area contributed by atoms with E-state index in [-0.39, 0.29) is 34.2 Å². The van der Waals surface area contributed by atoms with Gasteiger partial charge < -0.3 is 14.6 Å². The van der Waals surface area contributed by atoms with Gasteiger partial charge in [0.1, 0.15) is 22.3 Å². The van der Waals surface area contributed by atoms with Crippen LogP contribution in [0.15, 0.2) is 11.6 Å². The Morgan fingerprint density at radius 3 is 3.00 bits per heavy atom. The van der Waals surface area contributed by atoms with Gasteiger partial charge >= 0.3 is 0 Å². The summed E-state index contributed by atoms with van der Waals surface area (Å²) < 4.78 is 46.6. The van der Waals surface area contributed by atoms with E-state index in [1.807, 2.05) is 0 Å². The van der Waals surface area contributed by atoms with Crippen molar-refractivity contribution in [3.63, 3.8) is 0 Å². The molecule has 1 N–H and O–H groups in total. The van der Waals surface area contributed by atoms with Crippen molar-refractivity contribution in [1.82, 2.24) is 19.9 Å². The molecule has 1 amide bonds. The summed E-state index contributed by atoms with van der Waals surface area (Å²) in [5, 5.41) is 0.0502. The maximum Gasteiger partial charge on any atom is 0.290 e. The molecule has 1 aliphatic rings. The lowest BCUT2D eigenvalue weighted by atomic mass is 10.1. The fourth-order valence-electron chi connectivity index (χ4n) is 3.15. The van der Waals surface area contributed by atoms with Gasteiger partial charge in [0.05, 0.1) is 28.7 Å². The first-order valence-electron chi connectivity index (χ1n) is 7.85. The quantitative estimate of drug-likeness (QED) is 0.704. The number of carbonyl (C=O) groups is 1. The lowest BCUT2D eigenvalue weighted by Crippen LogP contribution is -2.43. The fraction of sp³-hybridized carbons (Fsp3) is 0.312. The standard InChI is InChI=1S/C16H12ClF3N4O2S/c1-26-8-4-6(18)10-11(9(8)17)23-15(22-10)16(25)24-3-2-7-13(27-5-21-7)12(24)14(19)20/h4-5,12,14H,2-3H2,1H3,(H,22,23)/t12-/m0/s1. The number of halogens is 4. The summed E-state index contributed by atoms with van der Waals surface area (Å²) in [5.41, 5.74) is 1.96. The highest BCUT2D eigenvalue weighted by Crippen LogP contribution is 2.38.